The Morgan fingerprint density at radius 2 is 1.83 bits per heavy atom. The van der Waals surface area contributed by atoms with Crippen molar-refractivity contribution in [3.8, 4) is 0 Å². The van der Waals surface area contributed by atoms with E-state index in [-0.39, 0.29) is 23.6 Å². The van der Waals surface area contributed by atoms with Gasteiger partial charge in [-0.2, -0.15) is 0 Å². The molecule has 0 bridgehead atoms. The normalized spacial score (nSPS) is 22.9. The molecule has 1 aliphatic heterocycles. The van der Waals surface area contributed by atoms with Gasteiger partial charge in [-0.1, -0.05) is 0 Å². The molecule has 1 fully saturated rings. The summed E-state index contributed by atoms with van der Waals surface area (Å²) >= 11 is 0. The van der Waals surface area contributed by atoms with E-state index >= 15 is 0 Å². The van der Waals surface area contributed by atoms with E-state index < -0.39 is 42.4 Å². The van der Waals surface area contributed by atoms with Gasteiger partial charge >= 0.3 is 17.9 Å². The van der Waals surface area contributed by atoms with Crippen molar-refractivity contribution in [1.29, 1.82) is 0 Å². The van der Waals surface area contributed by atoms with Gasteiger partial charge in [-0.15, -0.1) is 0 Å². The largest absolute Gasteiger partial charge is 0.463 e. The number of fused-ring (bicyclic) bond motifs is 1. The highest BCUT2D eigenvalue weighted by Gasteiger charge is 2.51. The van der Waals surface area contributed by atoms with Crippen LogP contribution in [0.4, 0.5) is 5.82 Å². The minimum absolute atomic E-state index is 0.00344. The van der Waals surface area contributed by atoms with Gasteiger partial charge in [0.25, 0.3) is 0 Å². The maximum Gasteiger partial charge on any atom is 0.303 e. The van der Waals surface area contributed by atoms with Gasteiger partial charge in [0, 0.05) is 25.7 Å². The number of esters is 3. The second-order valence-electron chi connectivity index (χ2n) is 6.23. The van der Waals surface area contributed by atoms with E-state index in [1.165, 1.54) is 38.0 Å². The van der Waals surface area contributed by atoms with E-state index in [2.05, 4.69) is 25.0 Å². The molecular formula is C16H17N7O7. The van der Waals surface area contributed by atoms with E-state index in [0.29, 0.717) is 0 Å². The van der Waals surface area contributed by atoms with Crippen LogP contribution in [-0.2, 0) is 33.3 Å². The van der Waals surface area contributed by atoms with Crippen LogP contribution in [-0.4, -0.2) is 62.3 Å². The van der Waals surface area contributed by atoms with Gasteiger partial charge in [0.15, 0.2) is 29.9 Å². The Morgan fingerprint density at radius 3 is 2.47 bits per heavy atom. The molecule has 0 radical (unpaired) electrons. The minimum Gasteiger partial charge on any atom is -0.463 e. The smallest absolute Gasteiger partial charge is 0.303 e. The van der Waals surface area contributed by atoms with Crippen LogP contribution in [0, 0.1) is 0 Å². The fourth-order valence-electron chi connectivity index (χ4n) is 3.06. The Morgan fingerprint density at radius 1 is 1.13 bits per heavy atom. The Labute approximate surface area is 168 Å². The van der Waals surface area contributed by atoms with Gasteiger partial charge in [-0.05, 0) is 10.6 Å². The van der Waals surface area contributed by atoms with Gasteiger partial charge < -0.3 is 18.9 Å². The Hall–Kier alpha value is -3.77. The van der Waals surface area contributed by atoms with E-state index in [9.17, 15) is 14.4 Å². The number of rotatable bonds is 6. The van der Waals surface area contributed by atoms with Crippen LogP contribution in [0.2, 0.25) is 0 Å². The lowest BCUT2D eigenvalue weighted by Gasteiger charge is -2.23. The first-order valence-corrected chi connectivity index (χ1v) is 8.67. The monoisotopic (exact) mass is 419 g/mol. The fourth-order valence-corrected chi connectivity index (χ4v) is 3.06. The number of carbonyl (C=O) groups is 3. The summed E-state index contributed by atoms with van der Waals surface area (Å²) in [5.74, 6) is -1.85. The van der Waals surface area contributed by atoms with Crippen LogP contribution in [0.3, 0.4) is 0 Å². The topological polar surface area (TPSA) is 180 Å². The highest BCUT2D eigenvalue weighted by atomic mass is 16.7. The Kier molecular flexibility index (Phi) is 6.09. The highest BCUT2D eigenvalue weighted by molar-refractivity contribution is 5.80. The molecule has 14 heteroatoms. The number of hydrogen-bond acceptors (Lipinski definition) is 11. The van der Waals surface area contributed by atoms with Gasteiger partial charge in [0.05, 0.1) is 6.33 Å². The molecule has 0 N–H and O–H groups in total. The molecule has 3 rings (SSSR count). The van der Waals surface area contributed by atoms with Gasteiger partial charge in [-0.25, -0.2) is 15.0 Å². The molecule has 1 saturated heterocycles. The summed E-state index contributed by atoms with van der Waals surface area (Å²) in [4.78, 5) is 49.4. The predicted octanol–water partition coefficient (Wildman–Crippen LogP) is 1.09. The van der Waals surface area contributed by atoms with Crippen molar-refractivity contribution < 1.29 is 33.3 Å². The molecule has 4 atom stereocenters. The van der Waals surface area contributed by atoms with Crippen molar-refractivity contribution in [3.05, 3.63) is 23.1 Å². The molecule has 2 aromatic rings. The van der Waals surface area contributed by atoms with Crippen LogP contribution in [0.25, 0.3) is 21.6 Å². The van der Waals surface area contributed by atoms with E-state index in [0.717, 1.165) is 0 Å². The number of aromatic nitrogens is 4. The summed E-state index contributed by atoms with van der Waals surface area (Å²) in [6, 6.07) is 0. The standard InChI is InChI=1S/C16H17N7O7/c1-7(24)27-4-10-12(28-8(2)25)13(29-9(3)26)16(30-10)23-6-20-11-14(21-22-17)18-5-19-15(11)23/h5-6,10,12-13,16H,4H2,1-3H3/t10-,12-,13-,16-/m1/s1. The summed E-state index contributed by atoms with van der Waals surface area (Å²) in [6.07, 6.45) is -1.62. The third-order valence-electron chi connectivity index (χ3n) is 4.09. The summed E-state index contributed by atoms with van der Waals surface area (Å²) in [5, 5.41) is 3.46. The first-order chi connectivity index (χ1) is 14.3. The van der Waals surface area contributed by atoms with Crippen molar-refractivity contribution in [1.82, 2.24) is 19.5 Å². The quantitative estimate of drug-likeness (QED) is 0.216. The lowest BCUT2D eigenvalue weighted by Crippen LogP contribution is -2.40. The van der Waals surface area contributed by atoms with Crippen molar-refractivity contribution in [2.75, 3.05) is 6.61 Å². The lowest BCUT2D eigenvalue weighted by atomic mass is 10.1. The molecule has 0 amide bonds. The Bertz CT molecular complexity index is 1030. The minimum atomic E-state index is -1.10. The van der Waals surface area contributed by atoms with Crippen molar-refractivity contribution in [3.63, 3.8) is 0 Å². The van der Waals surface area contributed by atoms with Crippen LogP contribution in [0.15, 0.2) is 17.8 Å². The number of hydrogen-bond donors (Lipinski definition) is 0. The summed E-state index contributed by atoms with van der Waals surface area (Å²) in [6.45, 7) is 3.35. The molecule has 0 aromatic carbocycles. The molecule has 30 heavy (non-hydrogen) atoms. The van der Waals surface area contributed by atoms with Crippen LogP contribution < -0.4 is 0 Å². The molecule has 0 aliphatic carbocycles. The van der Waals surface area contributed by atoms with Crippen LogP contribution in [0.1, 0.15) is 27.0 Å². The zero-order valence-corrected chi connectivity index (χ0v) is 16.2. The van der Waals surface area contributed by atoms with Gasteiger partial charge in [0.1, 0.15) is 24.6 Å². The first kappa shape index (κ1) is 21.0. The van der Waals surface area contributed by atoms with Crippen LogP contribution >= 0.6 is 0 Å². The predicted molar refractivity (Wildman–Crippen MR) is 95.8 cm³/mol. The molecular weight excluding hydrogens is 402 g/mol. The SMILES string of the molecule is CC(=O)OC[C@H]1O[C@@H](n2cnc3c(N=[N+]=[N-])ncnc32)[C@H](OC(C)=O)[C@@H]1OC(C)=O. The number of carbonyl (C=O) groups excluding carboxylic acids is 3. The van der Waals surface area contributed by atoms with Crippen molar-refractivity contribution >= 4 is 34.9 Å². The molecule has 0 spiro atoms. The zero-order chi connectivity index (χ0) is 21.8. The summed E-state index contributed by atoms with van der Waals surface area (Å²) in [7, 11) is 0. The molecule has 2 aromatic heterocycles. The van der Waals surface area contributed by atoms with Crippen molar-refractivity contribution in [2.24, 2.45) is 5.11 Å². The highest BCUT2D eigenvalue weighted by Crippen LogP contribution is 2.36. The summed E-state index contributed by atoms with van der Waals surface area (Å²) in [5.41, 5.74) is 9.10. The number of nitrogens with zero attached hydrogens (tertiary/aromatic N) is 7. The summed E-state index contributed by atoms with van der Waals surface area (Å²) < 4.78 is 23.0. The average molecular weight is 419 g/mol. The maximum absolute atomic E-state index is 11.7. The van der Waals surface area contributed by atoms with Gasteiger partial charge in [-0.3, -0.25) is 19.0 Å². The lowest BCUT2D eigenvalue weighted by molar-refractivity contribution is -0.166. The Balaban J connectivity index is 2.04. The second kappa shape index (κ2) is 8.71. The van der Waals surface area contributed by atoms with E-state index in [1.807, 2.05) is 0 Å². The third-order valence-corrected chi connectivity index (χ3v) is 4.09. The molecule has 1 aliphatic rings. The number of imidazole rings is 1. The molecule has 0 saturated carbocycles. The molecule has 158 valence electrons. The van der Waals surface area contributed by atoms with Crippen molar-refractivity contribution in [2.45, 2.75) is 45.3 Å². The first-order valence-electron chi connectivity index (χ1n) is 8.67. The van der Waals surface area contributed by atoms with E-state index in [1.54, 1.807) is 0 Å². The molecule has 3 heterocycles. The van der Waals surface area contributed by atoms with Crippen LogP contribution in [0.5, 0.6) is 0 Å². The fraction of sp³-hybridized carbons (Fsp3) is 0.500. The molecule has 0 unspecified atom stereocenters. The van der Waals surface area contributed by atoms with Gasteiger partial charge in [0.2, 0.25) is 0 Å². The average Bonchev–Trinajstić information content (AvgIpc) is 3.22. The molecule has 14 nitrogen and oxygen atoms in total. The maximum atomic E-state index is 11.7. The number of azide groups is 1. The second-order valence-corrected chi connectivity index (χ2v) is 6.23. The van der Waals surface area contributed by atoms with E-state index in [4.69, 9.17) is 24.5 Å². The third kappa shape index (κ3) is 4.29. The number of ether oxygens (including phenoxy) is 4. The zero-order valence-electron chi connectivity index (χ0n) is 16.2.